The highest BCUT2D eigenvalue weighted by molar-refractivity contribution is 5.74. The van der Waals surface area contributed by atoms with Crippen LogP contribution in [-0.4, -0.2) is 11.6 Å². The molecule has 4 aliphatic carbocycles. The van der Waals surface area contributed by atoms with Gasteiger partial charge in [-0.25, -0.2) is 0 Å². The molecule has 7 atom stereocenters. The summed E-state index contributed by atoms with van der Waals surface area (Å²) < 4.78 is 5.65. The third-order valence-corrected chi connectivity index (χ3v) is 5.98. The Labute approximate surface area is 115 Å². The molecule has 0 heterocycles. The van der Waals surface area contributed by atoms with Crippen LogP contribution in [0.3, 0.4) is 0 Å². The fourth-order valence-corrected chi connectivity index (χ4v) is 5.66. The normalized spacial score (nSPS) is 49.7. The van der Waals surface area contributed by atoms with Crippen LogP contribution in [0.25, 0.3) is 0 Å². The van der Waals surface area contributed by atoms with Gasteiger partial charge in [-0.1, -0.05) is 12.2 Å². The summed E-state index contributed by atoms with van der Waals surface area (Å²) in [5.74, 6) is 4.99. The van der Waals surface area contributed by atoms with E-state index in [2.05, 4.69) is 12.2 Å². The summed E-state index contributed by atoms with van der Waals surface area (Å²) >= 11 is 0. The molecule has 3 saturated carbocycles. The summed E-state index contributed by atoms with van der Waals surface area (Å²) in [5.41, 5.74) is -0.340. The van der Waals surface area contributed by atoms with Gasteiger partial charge in [0.15, 0.2) is 0 Å². The standard InChI is InChI=1S/C17H24O2/c1-17(2,3)19-16(18)13-8-11-7-12(13)15-10-5-4-9(6-10)14(11)15/h4-5,9-15H,6-8H2,1-3H3/t9-,10+,11+,12-,13+,14+,15-/m1/s1. The molecule has 0 amide bonds. The van der Waals surface area contributed by atoms with Gasteiger partial charge in [-0.3, -0.25) is 4.79 Å². The third-order valence-electron chi connectivity index (χ3n) is 5.98. The molecule has 4 rings (SSSR count). The van der Waals surface area contributed by atoms with Gasteiger partial charge in [0.2, 0.25) is 0 Å². The lowest BCUT2D eigenvalue weighted by atomic mass is 9.69. The summed E-state index contributed by atoms with van der Waals surface area (Å²) in [6.45, 7) is 5.92. The molecule has 19 heavy (non-hydrogen) atoms. The third kappa shape index (κ3) is 1.64. The van der Waals surface area contributed by atoms with Crippen molar-refractivity contribution < 1.29 is 9.53 Å². The minimum Gasteiger partial charge on any atom is -0.460 e. The molecule has 104 valence electrons. The topological polar surface area (TPSA) is 26.3 Å². The summed E-state index contributed by atoms with van der Waals surface area (Å²) in [6, 6.07) is 0. The first-order valence-corrected chi connectivity index (χ1v) is 7.85. The van der Waals surface area contributed by atoms with E-state index in [1.165, 1.54) is 12.8 Å². The van der Waals surface area contributed by atoms with Crippen molar-refractivity contribution in [2.75, 3.05) is 0 Å². The lowest BCUT2D eigenvalue weighted by Crippen LogP contribution is -2.37. The second-order valence-corrected chi connectivity index (χ2v) is 8.14. The van der Waals surface area contributed by atoms with Crippen LogP contribution in [0.5, 0.6) is 0 Å². The molecule has 2 nitrogen and oxygen atoms in total. The molecule has 4 aliphatic rings. The number of carbonyl (C=O) groups is 1. The smallest absolute Gasteiger partial charge is 0.309 e. The Kier molecular flexibility index (Phi) is 2.30. The van der Waals surface area contributed by atoms with Crippen molar-refractivity contribution in [2.24, 2.45) is 41.4 Å². The molecular formula is C17H24O2. The minimum absolute atomic E-state index is 0.0743. The number of ether oxygens (including phenoxy) is 1. The summed E-state index contributed by atoms with van der Waals surface area (Å²) in [6.07, 6.45) is 8.63. The fraction of sp³-hybridized carbons (Fsp3) is 0.824. The predicted molar refractivity (Wildman–Crippen MR) is 73.3 cm³/mol. The Morgan fingerprint density at radius 1 is 1.05 bits per heavy atom. The Morgan fingerprint density at radius 2 is 1.74 bits per heavy atom. The Balaban J connectivity index is 1.54. The van der Waals surface area contributed by atoms with Crippen LogP contribution in [-0.2, 0) is 9.53 Å². The van der Waals surface area contributed by atoms with Crippen molar-refractivity contribution in [1.29, 1.82) is 0 Å². The SMILES string of the molecule is CC(C)(C)OC(=O)[C@H]1C[C@@H]2C[C@H]1[C@@H]1[C@H]2[C@@H]2C=C[C@H]1C2. The van der Waals surface area contributed by atoms with Gasteiger partial charge in [-0.2, -0.15) is 0 Å². The number of esters is 1. The lowest BCUT2D eigenvalue weighted by molar-refractivity contribution is -0.163. The summed E-state index contributed by atoms with van der Waals surface area (Å²) in [5, 5.41) is 0. The highest BCUT2D eigenvalue weighted by Gasteiger charge is 2.62. The largest absolute Gasteiger partial charge is 0.460 e. The summed E-state index contributed by atoms with van der Waals surface area (Å²) in [4.78, 5) is 12.4. The number of fused-ring (bicyclic) bond motifs is 9. The number of allylic oxidation sites excluding steroid dienone is 2. The van der Waals surface area contributed by atoms with E-state index in [-0.39, 0.29) is 17.5 Å². The number of hydrogen-bond donors (Lipinski definition) is 0. The van der Waals surface area contributed by atoms with Crippen molar-refractivity contribution >= 4 is 5.97 Å². The van der Waals surface area contributed by atoms with Crippen molar-refractivity contribution in [1.82, 2.24) is 0 Å². The van der Waals surface area contributed by atoms with Crippen molar-refractivity contribution in [2.45, 2.75) is 45.6 Å². The second-order valence-electron chi connectivity index (χ2n) is 8.14. The quantitative estimate of drug-likeness (QED) is 0.410. The first-order valence-electron chi connectivity index (χ1n) is 7.85. The molecule has 0 aromatic rings. The highest BCUT2D eigenvalue weighted by atomic mass is 16.6. The molecule has 0 radical (unpaired) electrons. The molecular weight excluding hydrogens is 236 g/mol. The van der Waals surface area contributed by atoms with Gasteiger partial charge in [0, 0.05) is 0 Å². The molecule has 2 heteroatoms. The lowest BCUT2D eigenvalue weighted by Gasteiger charge is -2.36. The van der Waals surface area contributed by atoms with Gasteiger partial charge in [-0.05, 0) is 75.5 Å². The number of hydrogen-bond acceptors (Lipinski definition) is 2. The first kappa shape index (κ1) is 12.0. The van der Waals surface area contributed by atoms with Crippen LogP contribution < -0.4 is 0 Å². The zero-order valence-corrected chi connectivity index (χ0v) is 12.1. The van der Waals surface area contributed by atoms with Gasteiger partial charge >= 0.3 is 5.97 Å². The van der Waals surface area contributed by atoms with Crippen LogP contribution >= 0.6 is 0 Å². The Hall–Kier alpha value is -0.790. The van der Waals surface area contributed by atoms with E-state index in [0.717, 1.165) is 36.0 Å². The zero-order valence-electron chi connectivity index (χ0n) is 12.1. The van der Waals surface area contributed by atoms with E-state index in [9.17, 15) is 4.79 Å². The van der Waals surface area contributed by atoms with Gasteiger partial charge < -0.3 is 4.74 Å². The highest BCUT2D eigenvalue weighted by Crippen LogP contribution is 2.67. The van der Waals surface area contributed by atoms with Gasteiger partial charge in [0.1, 0.15) is 5.60 Å². The van der Waals surface area contributed by atoms with E-state index >= 15 is 0 Å². The first-order chi connectivity index (χ1) is 8.94. The predicted octanol–water partition coefficient (Wildman–Crippen LogP) is 3.42. The zero-order chi connectivity index (χ0) is 13.4. The molecule has 3 fully saturated rings. The van der Waals surface area contributed by atoms with Crippen LogP contribution in [0.4, 0.5) is 0 Å². The van der Waals surface area contributed by atoms with Crippen LogP contribution in [0, 0.1) is 41.4 Å². The van der Waals surface area contributed by atoms with E-state index in [1.54, 1.807) is 0 Å². The maximum atomic E-state index is 12.4. The van der Waals surface area contributed by atoms with E-state index < -0.39 is 0 Å². The minimum atomic E-state index is -0.340. The number of rotatable bonds is 1. The van der Waals surface area contributed by atoms with Crippen LogP contribution in [0.2, 0.25) is 0 Å². The molecule has 0 aromatic carbocycles. The van der Waals surface area contributed by atoms with Crippen LogP contribution in [0.15, 0.2) is 12.2 Å². The Morgan fingerprint density at radius 3 is 2.42 bits per heavy atom. The number of carbonyl (C=O) groups excluding carboxylic acids is 1. The maximum Gasteiger partial charge on any atom is 0.309 e. The van der Waals surface area contributed by atoms with Crippen molar-refractivity contribution in [3.63, 3.8) is 0 Å². The summed E-state index contributed by atoms with van der Waals surface area (Å²) in [7, 11) is 0. The molecule has 0 unspecified atom stereocenters. The maximum absolute atomic E-state index is 12.4. The fourth-order valence-electron chi connectivity index (χ4n) is 5.66. The van der Waals surface area contributed by atoms with Gasteiger partial charge in [-0.15, -0.1) is 0 Å². The molecule has 4 bridgehead atoms. The average molecular weight is 260 g/mol. The van der Waals surface area contributed by atoms with Crippen LogP contribution in [0.1, 0.15) is 40.0 Å². The second kappa shape index (κ2) is 3.65. The van der Waals surface area contributed by atoms with E-state index in [1.807, 2.05) is 20.8 Å². The van der Waals surface area contributed by atoms with E-state index in [4.69, 9.17) is 4.74 Å². The van der Waals surface area contributed by atoms with Gasteiger partial charge in [0.25, 0.3) is 0 Å². The van der Waals surface area contributed by atoms with Crippen molar-refractivity contribution in [3.05, 3.63) is 12.2 Å². The molecule has 0 saturated heterocycles. The van der Waals surface area contributed by atoms with E-state index in [0.29, 0.717) is 5.92 Å². The molecule has 0 aliphatic heterocycles. The molecule has 0 N–H and O–H groups in total. The van der Waals surface area contributed by atoms with Gasteiger partial charge in [0.05, 0.1) is 5.92 Å². The molecule has 0 spiro atoms. The van der Waals surface area contributed by atoms with Crippen molar-refractivity contribution in [3.8, 4) is 0 Å². The monoisotopic (exact) mass is 260 g/mol. The average Bonchev–Trinajstić information content (AvgIpc) is 3.04. The molecule has 0 aromatic heterocycles. The Bertz CT molecular complexity index is 445.